The molecule has 5 N–H and O–H groups in total. The number of aliphatic carboxylic acids is 2. The van der Waals surface area contributed by atoms with Crippen molar-refractivity contribution in [3.8, 4) is 11.5 Å². The molecular weight excluding hydrogens is 408 g/mol. The van der Waals surface area contributed by atoms with Gasteiger partial charge in [-0.05, 0) is 18.2 Å². The number of ether oxygens (including phenoxy) is 2. The molecule has 0 saturated carbocycles. The van der Waals surface area contributed by atoms with Gasteiger partial charge in [-0.25, -0.2) is 9.59 Å². The van der Waals surface area contributed by atoms with Gasteiger partial charge in [0.2, 0.25) is 0 Å². The molecule has 0 radical (unpaired) electrons. The van der Waals surface area contributed by atoms with Crippen LogP contribution in [0.4, 0.5) is 0 Å². The third-order valence-electron chi connectivity index (χ3n) is 4.06. The number of benzene rings is 2. The fourth-order valence-electron chi connectivity index (χ4n) is 2.54. The molecule has 2 rings (SSSR count). The molecule has 31 heavy (non-hydrogen) atoms. The summed E-state index contributed by atoms with van der Waals surface area (Å²) in [7, 11) is 0. The number of carbonyl (C=O) groups excluding carboxylic acids is 2. The minimum Gasteiger partial charge on any atom is -0.479 e. The van der Waals surface area contributed by atoms with E-state index in [-0.39, 0.29) is 41.5 Å². The zero-order valence-corrected chi connectivity index (χ0v) is 16.3. The van der Waals surface area contributed by atoms with Gasteiger partial charge in [0, 0.05) is 29.5 Å². The van der Waals surface area contributed by atoms with Crippen LogP contribution in [0, 0.1) is 5.41 Å². The largest absolute Gasteiger partial charge is 0.479 e. The van der Waals surface area contributed by atoms with E-state index >= 15 is 0 Å². The second kappa shape index (κ2) is 10.5. The molecule has 10 heteroatoms. The van der Waals surface area contributed by atoms with Crippen LogP contribution in [0.25, 0.3) is 0 Å². The van der Waals surface area contributed by atoms with Gasteiger partial charge in [0.1, 0.15) is 5.84 Å². The number of carboxylic acids is 2. The summed E-state index contributed by atoms with van der Waals surface area (Å²) in [6.07, 6.45) is -0.179. The Labute approximate surface area is 176 Å². The molecule has 0 aliphatic heterocycles. The van der Waals surface area contributed by atoms with Crippen molar-refractivity contribution in [2.45, 2.75) is 12.8 Å². The van der Waals surface area contributed by atoms with E-state index in [0.29, 0.717) is 11.1 Å². The summed E-state index contributed by atoms with van der Waals surface area (Å²) in [6.45, 7) is -1.39. The summed E-state index contributed by atoms with van der Waals surface area (Å²) in [4.78, 5) is 46.2. The molecule has 0 aliphatic rings. The summed E-state index contributed by atoms with van der Waals surface area (Å²) >= 11 is 0. The fraction of sp³-hybridized carbons (Fsp3) is 0.190. The van der Waals surface area contributed by atoms with Crippen molar-refractivity contribution < 1.29 is 38.9 Å². The highest BCUT2D eigenvalue weighted by Gasteiger charge is 2.16. The molecule has 0 atom stereocenters. The molecule has 0 saturated heterocycles. The summed E-state index contributed by atoms with van der Waals surface area (Å²) in [6, 6.07) is 10.0. The maximum atomic E-state index is 12.5. The van der Waals surface area contributed by atoms with Crippen molar-refractivity contribution >= 4 is 29.3 Å². The Morgan fingerprint density at radius 2 is 1.19 bits per heavy atom. The monoisotopic (exact) mass is 428 g/mol. The maximum Gasteiger partial charge on any atom is 0.341 e. The van der Waals surface area contributed by atoms with E-state index in [9.17, 15) is 19.2 Å². The molecular formula is C21H20N2O8. The predicted molar refractivity (Wildman–Crippen MR) is 108 cm³/mol. The topological polar surface area (TPSA) is 177 Å². The Morgan fingerprint density at radius 3 is 1.71 bits per heavy atom. The van der Waals surface area contributed by atoms with Crippen LogP contribution in [0.5, 0.6) is 11.5 Å². The van der Waals surface area contributed by atoms with Crippen LogP contribution in [0.1, 0.15) is 39.1 Å². The third kappa shape index (κ3) is 6.96. The van der Waals surface area contributed by atoms with E-state index in [1.807, 2.05) is 0 Å². The number of amidine groups is 1. The van der Waals surface area contributed by atoms with Crippen LogP contribution in [-0.2, 0) is 9.59 Å². The molecule has 0 bridgehead atoms. The van der Waals surface area contributed by atoms with Crippen LogP contribution in [-0.4, -0.2) is 52.8 Å². The molecule has 10 nitrogen and oxygen atoms in total. The molecule has 0 fully saturated rings. The molecule has 162 valence electrons. The smallest absolute Gasteiger partial charge is 0.341 e. The maximum absolute atomic E-state index is 12.5. The first kappa shape index (κ1) is 23.1. The lowest BCUT2D eigenvalue weighted by Crippen LogP contribution is -2.14. The average Bonchev–Trinajstić information content (AvgIpc) is 2.74. The minimum atomic E-state index is -1.26. The number of nitrogens with one attached hydrogen (secondary N) is 1. The average molecular weight is 428 g/mol. The lowest BCUT2D eigenvalue weighted by Gasteiger charge is -2.12. The highest BCUT2D eigenvalue weighted by atomic mass is 16.5. The number of nitrogens with two attached hydrogens (primary N) is 1. The summed E-state index contributed by atoms with van der Waals surface area (Å²) < 4.78 is 10.1. The van der Waals surface area contributed by atoms with Crippen molar-refractivity contribution in [1.82, 2.24) is 0 Å². The Hall–Kier alpha value is -4.21. The van der Waals surface area contributed by atoms with Crippen molar-refractivity contribution in [2.75, 3.05) is 13.2 Å². The van der Waals surface area contributed by atoms with Gasteiger partial charge in [0.05, 0.1) is 0 Å². The normalized spacial score (nSPS) is 10.2. The second-order valence-electron chi connectivity index (χ2n) is 6.36. The summed E-state index contributed by atoms with van der Waals surface area (Å²) in [5.74, 6) is -3.40. The molecule has 2 aromatic carbocycles. The van der Waals surface area contributed by atoms with Crippen molar-refractivity contribution in [2.24, 2.45) is 5.73 Å². The van der Waals surface area contributed by atoms with Gasteiger partial charge in [-0.15, -0.1) is 0 Å². The summed E-state index contributed by atoms with van der Waals surface area (Å²) in [5.41, 5.74) is 6.38. The van der Waals surface area contributed by atoms with Crippen LogP contribution in [0.3, 0.4) is 0 Å². The van der Waals surface area contributed by atoms with Crippen molar-refractivity contribution in [3.05, 3.63) is 59.2 Å². The lowest BCUT2D eigenvalue weighted by molar-refractivity contribution is -0.140. The van der Waals surface area contributed by atoms with Crippen molar-refractivity contribution in [1.29, 1.82) is 5.41 Å². The number of nitrogen functional groups attached to an aromatic ring is 1. The first-order chi connectivity index (χ1) is 14.7. The SMILES string of the molecule is N=C(N)c1ccc(C(=O)CCC(=O)c2ccc(OCC(=O)O)c(OCC(=O)O)c2)cc1. The Balaban J connectivity index is 2.07. The predicted octanol–water partition coefficient (Wildman–Crippen LogP) is 1.74. The number of carboxylic acid groups (broad SMARTS) is 2. The summed E-state index contributed by atoms with van der Waals surface area (Å²) in [5, 5.41) is 24.8. The van der Waals surface area contributed by atoms with E-state index in [4.69, 9.17) is 30.8 Å². The zero-order valence-electron chi connectivity index (χ0n) is 16.3. The van der Waals surface area contributed by atoms with E-state index in [1.54, 1.807) is 12.1 Å². The number of carbonyl (C=O) groups is 4. The van der Waals surface area contributed by atoms with E-state index < -0.39 is 30.9 Å². The number of rotatable bonds is 12. The minimum absolute atomic E-state index is 0.0261. The van der Waals surface area contributed by atoms with Gasteiger partial charge in [0.15, 0.2) is 36.3 Å². The van der Waals surface area contributed by atoms with E-state index in [1.165, 1.54) is 30.3 Å². The highest BCUT2D eigenvalue weighted by Crippen LogP contribution is 2.29. The molecule has 2 aromatic rings. The van der Waals surface area contributed by atoms with Gasteiger partial charge in [-0.2, -0.15) is 0 Å². The standard InChI is InChI=1S/C21H20N2O8/c22-21(23)13-3-1-12(2-4-13)15(24)6-7-16(25)14-5-8-17(30-10-19(26)27)18(9-14)31-11-20(28)29/h1-5,8-9H,6-7,10-11H2,(H3,22,23)(H,26,27)(H,28,29). The Bertz CT molecular complexity index is 1010. The van der Waals surface area contributed by atoms with Crippen LogP contribution in [0.2, 0.25) is 0 Å². The Kier molecular flexibility index (Phi) is 7.84. The molecule has 0 heterocycles. The zero-order chi connectivity index (χ0) is 23.0. The lowest BCUT2D eigenvalue weighted by atomic mass is 10.0. The number of ketones is 2. The van der Waals surface area contributed by atoms with Crippen LogP contribution >= 0.6 is 0 Å². The molecule has 0 amide bonds. The van der Waals surface area contributed by atoms with Gasteiger partial charge in [-0.1, -0.05) is 24.3 Å². The van der Waals surface area contributed by atoms with E-state index in [2.05, 4.69) is 0 Å². The van der Waals surface area contributed by atoms with E-state index in [0.717, 1.165) is 0 Å². The molecule has 0 unspecified atom stereocenters. The number of Topliss-reactive ketones (excluding diaryl/α,β-unsaturated/α-hetero) is 2. The van der Waals surface area contributed by atoms with Gasteiger partial charge >= 0.3 is 11.9 Å². The van der Waals surface area contributed by atoms with Crippen LogP contribution in [0.15, 0.2) is 42.5 Å². The van der Waals surface area contributed by atoms with Crippen molar-refractivity contribution in [3.63, 3.8) is 0 Å². The number of hydrogen-bond donors (Lipinski definition) is 4. The third-order valence-corrected chi connectivity index (χ3v) is 4.06. The Morgan fingerprint density at radius 1 is 0.742 bits per heavy atom. The quantitative estimate of drug-likeness (QED) is 0.223. The highest BCUT2D eigenvalue weighted by molar-refractivity contribution is 6.03. The van der Waals surface area contributed by atoms with Gasteiger partial charge in [-0.3, -0.25) is 15.0 Å². The molecule has 0 spiro atoms. The van der Waals surface area contributed by atoms with Gasteiger partial charge < -0.3 is 25.4 Å². The fourth-order valence-corrected chi connectivity index (χ4v) is 2.54. The number of hydrogen-bond acceptors (Lipinski definition) is 7. The second-order valence-corrected chi connectivity index (χ2v) is 6.36. The first-order valence-corrected chi connectivity index (χ1v) is 9.01. The molecule has 0 aliphatic carbocycles. The molecule has 0 aromatic heterocycles. The van der Waals surface area contributed by atoms with Crippen LogP contribution < -0.4 is 15.2 Å². The first-order valence-electron chi connectivity index (χ1n) is 9.01. The van der Waals surface area contributed by atoms with Gasteiger partial charge in [0.25, 0.3) is 0 Å².